The van der Waals surface area contributed by atoms with Crippen molar-refractivity contribution < 1.29 is 10.2 Å². The molecule has 2 unspecified atom stereocenters. The van der Waals surface area contributed by atoms with Crippen LogP contribution >= 0.6 is 0 Å². The van der Waals surface area contributed by atoms with Gasteiger partial charge in [0.2, 0.25) is 0 Å². The lowest BCUT2D eigenvalue weighted by Gasteiger charge is -2.20. The minimum Gasteiger partial charge on any atom is -0.389 e. The summed E-state index contributed by atoms with van der Waals surface area (Å²) in [4.78, 5) is 4.78. The predicted octanol–water partition coefficient (Wildman–Crippen LogP) is 10.2. The summed E-state index contributed by atoms with van der Waals surface area (Å²) >= 11 is 0. The standard InChI is InChI=1S/C8H12O.C8H10O.C8H10.C8H8.2C6H13N/c2*1-7(9)8-5-3-2-4-6-8;2*1-2-8-6-4-3-5-7-8;2*1-7-5-3-2-4-6-7/h3,5-7,9H,2,4H2,1H3;2-7,9H,1H3;3-7H,2H2,1H3;2-7H,1H2;2*2-6H2,1H3. The van der Waals surface area contributed by atoms with Crippen LogP contribution in [0.25, 0.3) is 6.08 Å². The largest absolute Gasteiger partial charge is 0.389 e. The maximum Gasteiger partial charge on any atom is 0.0761 e. The molecule has 0 aromatic heterocycles. The van der Waals surface area contributed by atoms with E-state index in [-0.39, 0.29) is 12.2 Å². The molecular formula is C44H66N2O2. The molecule has 1 aliphatic carbocycles. The van der Waals surface area contributed by atoms with Gasteiger partial charge in [0.05, 0.1) is 12.2 Å². The van der Waals surface area contributed by atoms with E-state index in [0.29, 0.717) is 0 Å². The number of hydrogen-bond donors (Lipinski definition) is 2. The number of allylic oxidation sites excluding steroid dienone is 2. The summed E-state index contributed by atoms with van der Waals surface area (Å²) in [5.74, 6) is 0. The molecule has 4 nitrogen and oxygen atoms in total. The molecule has 2 fully saturated rings. The lowest BCUT2D eigenvalue weighted by molar-refractivity contribution is 0.199. The van der Waals surface area contributed by atoms with Crippen molar-refractivity contribution in [3.05, 3.63) is 138 Å². The third kappa shape index (κ3) is 23.1. The molecule has 2 atom stereocenters. The van der Waals surface area contributed by atoms with Crippen LogP contribution in [0.1, 0.15) is 94.9 Å². The number of hydrogen-bond acceptors (Lipinski definition) is 4. The maximum atomic E-state index is 9.06. The highest BCUT2D eigenvalue weighted by Crippen LogP contribution is 2.12. The molecule has 6 rings (SSSR count). The number of aryl methyl sites for hydroxylation is 1. The van der Waals surface area contributed by atoms with Crippen molar-refractivity contribution in [1.82, 2.24) is 9.80 Å². The van der Waals surface area contributed by atoms with Crippen molar-refractivity contribution in [2.45, 2.75) is 90.8 Å². The van der Waals surface area contributed by atoms with Gasteiger partial charge >= 0.3 is 0 Å². The van der Waals surface area contributed by atoms with Crippen molar-refractivity contribution in [2.24, 2.45) is 0 Å². The quantitative estimate of drug-likeness (QED) is 0.294. The van der Waals surface area contributed by atoms with Crippen LogP contribution in [0.4, 0.5) is 0 Å². The van der Waals surface area contributed by atoms with Gasteiger partial charge in [-0.25, -0.2) is 0 Å². The van der Waals surface area contributed by atoms with Crippen LogP contribution in [0.15, 0.2) is 121 Å². The van der Waals surface area contributed by atoms with Gasteiger partial charge in [-0.1, -0.05) is 142 Å². The molecule has 0 saturated carbocycles. The number of aliphatic hydroxyl groups is 2. The number of benzene rings is 3. The summed E-state index contributed by atoms with van der Waals surface area (Å²) in [6.07, 6.45) is 19.3. The molecule has 2 N–H and O–H groups in total. The summed E-state index contributed by atoms with van der Waals surface area (Å²) in [7, 11) is 4.39. The van der Waals surface area contributed by atoms with Crippen molar-refractivity contribution in [2.75, 3.05) is 40.3 Å². The first-order valence-corrected chi connectivity index (χ1v) is 18.1. The zero-order valence-electron chi connectivity index (χ0n) is 30.8. The van der Waals surface area contributed by atoms with Crippen LogP contribution in [0.5, 0.6) is 0 Å². The zero-order chi connectivity index (χ0) is 35.2. The van der Waals surface area contributed by atoms with E-state index in [1.165, 1.54) is 75.8 Å². The number of nitrogens with zero attached hydrogens (tertiary/aromatic N) is 2. The zero-order valence-corrected chi connectivity index (χ0v) is 30.8. The lowest BCUT2D eigenvalue weighted by Crippen LogP contribution is -2.24. The van der Waals surface area contributed by atoms with E-state index in [0.717, 1.165) is 30.4 Å². The van der Waals surface area contributed by atoms with Gasteiger partial charge in [-0.05, 0) is 121 Å². The van der Waals surface area contributed by atoms with Gasteiger partial charge in [-0.15, -0.1) is 0 Å². The molecule has 2 saturated heterocycles. The van der Waals surface area contributed by atoms with E-state index in [9.17, 15) is 0 Å². The van der Waals surface area contributed by atoms with Gasteiger partial charge < -0.3 is 20.0 Å². The van der Waals surface area contributed by atoms with E-state index in [1.54, 1.807) is 13.8 Å². The Morgan fingerprint density at radius 3 is 1.35 bits per heavy atom. The Balaban J connectivity index is 0.000000289. The number of rotatable bonds is 4. The van der Waals surface area contributed by atoms with E-state index in [1.807, 2.05) is 78.9 Å². The topological polar surface area (TPSA) is 46.9 Å². The molecule has 2 heterocycles. The average Bonchev–Trinajstić information content (AvgIpc) is 3.15. The minimum absolute atomic E-state index is 0.290. The van der Waals surface area contributed by atoms with Crippen molar-refractivity contribution in [3.63, 3.8) is 0 Å². The predicted molar refractivity (Wildman–Crippen MR) is 210 cm³/mol. The average molecular weight is 655 g/mol. The van der Waals surface area contributed by atoms with Gasteiger partial charge in [0.1, 0.15) is 0 Å². The molecule has 0 bridgehead atoms. The molecule has 48 heavy (non-hydrogen) atoms. The molecule has 2 aliphatic heterocycles. The van der Waals surface area contributed by atoms with Crippen LogP contribution in [0.3, 0.4) is 0 Å². The second-order valence-corrected chi connectivity index (χ2v) is 12.6. The fraction of sp³-hybridized carbons (Fsp3) is 0.455. The highest BCUT2D eigenvalue weighted by Gasteiger charge is 2.03. The van der Waals surface area contributed by atoms with Gasteiger partial charge in [-0.2, -0.15) is 0 Å². The fourth-order valence-electron chi connectivity index (χ4n) is 5.08. The normalized spacial score (nSPS) is 16.8. The molecule has 3 aromatic carbocycles. The molecule has 264 valence electrons. The summed E-state index contributed by atoms with van der Waals surface area (Å²) < 4.78 is 0. The van der Waals surface area contributed by atoms with Gasteiger partial charge in [0.25, 0.3) is 0 Å². The number of likely N-dealkylation sites (tertiary alicyclic amines) is 2. The Morgan fingerprint density at radius 2 is 1.10 bits per heavy atom. The summed E-state index contributed by atoms with van der Waals surface area (Å²) in [5.41, 5.74) is 4.61. The molecule has 0 spiro atoms. The molecule has 0 amide bonds. The van der Waals surface area contributed by atoms with Gasteiger partial charge in [0.15, 0.2) is 0 Å². The fourth-order valence-corrected chi connectivity index (χ4v) is 5.08. The molecule has 3 aliphatic rings. The third-order valence-electron chi connectivity index (χ3n) is 8.23. The Bertz CT molecular complexity index is 1180. The monoisotopic (exact) mass is 655 g/mol. The van der Waals surface area contributed by atoms with Crippen LogP contribution in [0.2, 0.25) is 0 Å². The number of piperidine rings is 2. The van der Waals surface area contributed by atoms with Crippen molar-refractivity contribution >= 4 is 6.08 Å². The molecule has 0 radical (unpaired) electrons. The molecule has 4 heteroatoms. The van der Waals surface area contributed by atoms with Gasteiger partial charge in [0, 0.05) is 0 Å². The van der Waals surface area contributed by atoms with Crippen LogP contribution in [-0.4, -0.2) is 66.4 Å². The summed E-state index contributed by atoms with van der Waals surface area (Å²) in [5, 5.41) is 18.1. The van der Waals surface area contributed by atoms with Crippen LogP contribution in [-0.2, 0) is 6.42 Å². The van der Waals surface area contributed by atoms with E-state index < -0.39 is 0 Å². The van der Waals surface area contributed by atoms with E-state index >= 15 is 0 Å². The Hall–Kier alpha value is -3.28. The molecular weight excluding hydrogens is 588 g/mol. The van der Waals surface area contributed by atoms with Gasteiger partial charge in [-0.3, -0.25) is 0 Å². The highest BCUT2D eigenvalue weighted by molar-refractivity contribution is 5.45. The third-order valence-corrected chi connectivity index (χ3v) is 8.23. The maximum absolute atomic E-state index is 9.06. The van der Waals surface area contributed by atoms with Crippen LogP contribution < -0.4 is 0 Å². The second kappa shape index (κ2) is 28.7. The first-order chi connectivity index (χ1) is 23.3. The molecule has 3 aromatic rings. The Kier molecular flexibility index (Phi) is 25.6. The van der Waals surface area contributed by atoms with Crippen LogP contribution in [0, 0.1) is 0 Å². The van der Waals surface area contributed by atoms with E-state index in [2.05, 4.69) is 73.8 Å². The smallest absolute Gasteiger partial charge is 0.0761 e. The lowest BCUT2D eigenvalue weighted by atomic mass is 10.0. The summed E-state index contributed by atoms with van der Waals surface area (Å²) in [6.45, 7) is 14.6. The first-order valence-electron chi connectivity index (χ1n) is 18.1. The first kappa shape index (κ1) is 42.7. The number of aliphatic hydroxyl groups excluding tert-OH is 2. The highest BCUT2D eigenvalue weighted by atomic mass is 16.3. The van der Waals surface area contributed by atoms with Crippen molar-refractivity contribution in [3.8, 4) is 0 Å². The SMILES string of the molecule is C=Cc1ccccc1.CC(O)C1=CCCC=C1.CC(O)c1ccccc1.CCc1ccccc1.CN1CCCCC1.CN1CCCCC1. The van der Waals surface area contributed by atoms with E-state index in [4.69, 9.17) is 10.2 Å². The second-order valence-electron chi connectivity index (χ2n) is 12.6. The van der Waals surface area contributed by atoms with Crippen molar-refractivity contribution in [1.29, 1.82) is 0 Å². The Morgan fingerprint density at radius 1 is 0.646 bits per heavy atom. The minimum atomic E-state index is -0.341. The Labute approximate surface area is 294 Å². The summed E-state index contributed by atoms with van der Waals surface area (Å²) in [6, 6.07) is 30.1.